The molecule has 0 fully saturated rings. The van der Waals surface area contributed by atoms with Crippen LogP contribution in [0.4, 0.5) is 0 Å². The van der Waals surface area contributed by atoms with Crippen LogP contribution in [-0.4, -0.2) is 27.4 Å². The molecule has 1 aromatic carbocycles. The number of rotatable bonds is 7. The number of hydrogen-bond acceptors (Lipinski definition) is 4. The van der Waals surface area contributed by atoms with Crippen molar-refractivity contribution < 1.29 is 4.79 Å². The first kappa shape index (κ1) is 13.2. The minimum Gasteiger partial charge on any atom is -0.366 e. The molecule has 0 aliphatic rings. The zero-order valence-electron chi connectivity index (χ0n) is 10.6. The van der Waals surface area contributed by atoms with Crippen LogP contribution in [0.25, 0.3) is 0 Å². The molecule has 1 aromatic heterocycles. The van der Waals surface area contributed by atoms with Crippen LogP contribution in [0.5, 0.6) is 0 Å². The van der Waals surface area contributed by atoms with Crippen LogP contribution in [-0.2, 0) is 13.1 Å². The van der Waals surface area contributed by atoms with Crippen molar-refractivity contribution in [3.63, 3.8) is 0 Å². The average Bonchev–Trinajstić information content (AvgIpc) is 2.92. The van der Waals surface area contributed by atoms with E-state index in [0.29, 0.717) is 12.1 Å². The van der Waals surface area contributed by atoms with E-state index in [0.717, 1.165) is 25.1 Å². The Morgan fingerprint density at radius 1 is 1.37 bits per heavy atom. The first-order valence-corrected chi connectivity index (χ1v) is 6.20. The van der Waals surface area contributed by atoms with Gasteiger partial charge in [0.2, 0.25) is 5.91 Å². The lowest BCUT2D eigenvalue weighted by Gasteiger charge is -2.08. The number of aryl methyl sites for hydroxylation is 1. The van der Waals surface area contributed by atoms with E-state index in [-0.39, 0.29) is 5.91 Å². The molecule has 0 saturated carbocycles. The normalized spacial score (nSPS) is 10.5. The maximum atomic E-state index is 11.2. The Balaban J connectivity index is 1.75. The summed E-state index contributed by atoms with van der Waals surface area (Å²) >= 11 is 0. The Kier molecular flexibility index (Phi) is 4.63. The number of nitrogens with two attached hydrogens (primary N) is 1. The number of amides is 1. The molecule has 2 rings (SSSR count). The molecule has 6 heteroatoms. The first-order chi connectivity index (χ1) is 9.27. The highest BCUT2D eigenvalue weighted by molar-refractivity contribution is 5.94. The van der Waals surface area contributed by atoms with E-state index < -0.39 is 0 Å². The summed E-state index contributed by atoms with van der Waals surface area (Å²) in [6.07, 6.45) is 4.45. The highest BCUT2D eigenvalue weighted by atomic mass is 16.1. The van der Waals surface area contributed by atoms with Crippen LogP contribution >= 0.6 is 0 Å². The maximum absolute atomic E-state index is 11.2. The standard InChI is InChI=1S/C13H17N5O/c14-13(19)12-5-2-1-4-11(12)10-15-6-3-8-18-9-7-16-17-18/h1-2,4-5,7,9,15H,3,6,8,10H2,(H2,14,19). The molecule has 2 aromatic rings. The van der Waals surface area contributed by atoms with Gasteiger partial charge in [-0.15, -0.1) is 5.10 Å². The van der Waals surface area contributed by atoms with E-state index in [4.69, 9.17) is 5.73 Å². The quantitative estimate of drug-likeness (QED) is 0.711. The largest absolute Gasteiger partial charge is 0.366 e. The molecule has 100 valence electrons. The van der Waals surface area contributed by atoms with Crippen LogP contribution in [0.2, 0.25) is 0 Å². The summed E-state index contributed by atoms with van der Waals surface area (Å²) in [6.45, 7) is 2.30. The number of carbonyl (C=O) groups excluding carboxylic acids is 1. The van der Waals surface area contributed by atoms with Gasteiger partial charge in [-0.1, -0.05) is 23.4 Å². The SMILES string of the molecule is NC(=O)c1ccccc1CNCCCn1ccnn1. The maximum Gasteiger partial charge on any atom is 0.249 e. The summed E-state index contributed by atoms with van der Waals surface area (Å²) < 4.78 is 1.79. The van der Waals surface area contributed by atoms with Crippen LogP contribution in [0.1, 0.15) is 22.3 Å². The monoisotopic (exact) mass is 259 g/mol. The van der Waals surface area contributed by atoms with Gasteiger partial charge in [0, 0.05) is 24.8 Å². The Hall–Kier alpha value is -2.21. The van der Waals surface area contributed by atoms with Gasteiger partial charge in [-0.05, 0) is 24.6 Å². The van der Waals surface area contributed by atoms with Crippen molar-refractivity contribution in [1.29, 1.82) is 0 Å². The summed E-state index contributed by atoms with van der Waals surface area (Å²) in [5.41, 5.74) is 6.83. The molecular weight excluding hydrogens is 242 g/mol. The number of nitrogens with one attached hydrogen (secondary N) is 1. The van der Waals surface area contributed by atoms with Crippen LogP contribution in [0.15, 0.2) is 36.7 Å². The van der Waals surface area contributed by atoms with Crippen LogP contribution in [0.3, 0.4) is 0 Å². The van der Waals surface area contributed by atoms with Crippen molar-refractivity contribution in [3.05, 3.63) is 47.8 Å². The zero-order valence-corrected chi connectivity index (χ0v) is 10.6. The number of benzene rings is 1. The van der Waals surface area contributed by atoms with Gasteiger partial charge in [0.05, 0.1) is 6.20 Å². The van der Waals surface area contributed by atoms with Crippen molar-refractivity contribution in [2.24, 2.45) is 5.73 Å². The van der Waals surface area contributed by atoms with Crippen molar-refractivity contribution >= 4 is 5.91 Å². The summed E-state index contributed by atoms with van der Waals surface area (Å²) in [5, 5.41) is 10.9. The predicted octanol–water partition coefficient (Wildman–Crippen LogP) is 0.557. The highest BCUT2D eigenvalue weighted by Gasteiger charge is 2.05. The topological polar surface area (TPSA) is 85.8 Å². The minimum atomic E-state index is -0.389. The zero-order chi connectivity index (χ0) is 13.5. The summed E-state index contributed by atoms with van der Waals surface area (Å²) in [7, 11) is 0. The van der Waals surface area contributed by atoms with Gasteiger partial charge in [-0.25, -0.2) is 0 Å². The van der Waals surface area contributed by atoms with E-state index in [1.54, 1.807) is 16.9 Å². The molecule has 1 heterocycles. The number of primary amides is 1. The van der Waals surface area contributed by atoms with Gasteiger partial charge in [-0.3, -0.25) is 9.48 Å². The van der Waals surface area contributed by atoms with E-state index in [1.165, 1.54) is 0 Å². The van der Waals surface area contributed by atoms with Gasteiger partial charge in [0.15, 0.2) is 0 Å². The molecule has 6 nitrogen and oxygen atoms in total. The second-order valence-corrected chi connectivity index (χ2v) is 4.22. The van der Waals surface area contributed by atoms with Gasteiger partial charge >= 0.3 is 0 Å². The number of nitrogens with zero attached hydrogens (tertiary/aromatic N) is 3. The predicted molar refractivity (Wildman–Crippen MR) is 71.3 cm³/mol. The fourth-order valence-electron chi connectivity index (χ4n) is 1.86. The second-order valence-electron chi connectivity index (χ2n) is 4.22. The molecule has 0 aliphatic heterocycles. The third kappa shape index (κ3) is 3.89. The third-order valence-corrected chi connectivity index (χ3v) is 2.81. The number of carbonyl (C=O) groups is 1. The van der Waals surface area contributed by atoms with E-state index in [2.05, 4.69) is 15.6 Å². The second kappa shape index (κ2) is 6.65. The van der Waals surface area contributed by atoms with Crippen molar-refractivity contribution in [2.75, 3.05) is 6.54 Å². The molecule has 0 spiro atoms. The molecule has 1 amide bonds. The summed E-state index contributed by atoms with van der Waals surface area (Å²) in [5.74, 6) is -0.389. The lowest BCUT2D eigenvalue weighted by Crippen LogP contribution is -2.20. The molecule has 3 N–H and O–H groups in total. The molecule has 0 bridgehead atoms. The van der Waals surface area contributed by atoms with Crippen LogP contribution < -0.4 is 11.1 Å². The van der Waals surface area contributed by atoms with Crippen molar-refractivity contribution in [3.8, 4) is 0 Å². The fraction of sp³-hybridized carbons (Fsp3) is 0.308. The van der Waals surface area contributed by atoms with Crippen LogP contribution in [0, 0.1) is 0 Å². The summed E-state index contributed by atoms with van der Waals surface area (Å²) in [6, 6.07) is 7.37. The molecule has 19 heavy (non-hydrogen) atoms. The fourth-order valence-corrected chi connectivity index (χ4v) is 1.86. The number of hydrogen-bond donors (Lipinski definition) is 2. The highest BCUT2D eigenvalue weighted by Crippen LogP contribution is 2.07. The smallest absolute Gasteiger partial charge is 0.249 e. The Labute approximate surface area is 111 Å². The van der Waals surface area contributed by atoms with Crippen molar-refractivity contribution in [2.45, 2.75) is 19.5 Å². The van der Waals surface area contributed by atoms with E-state index >= 15 is 0 Å². The molecule has 0 atom stereocenters. The summed E-state index contributed by atoms with van der Waals surface area (Å²) in [4.78, 5) is 11.2. The molecule has 0 saturated heterocycles. The first-order valence-electron chi connectivity index (χ1n) is 6.20. The molecular formula is C13H17N5O. The Morgan fingerprint density at radius 3 is 2.95 bits per heavy atom. The van der Waals surface area contributed by atoms with E-state index in [1.807, 2.05) is 24.4 Å². The number of aromatic nitrogens is 3. The lowest BCUT2D eigenvalue weighted by atomic mass is 10.1. The Bertz CT molecular complexity index is 524. The van der Waals surface area contributed by atoms with Gasteiger partial charge in [0.25, 0.3) is 0 Å². The minimum absolute atomic E-state index is 0.389. The average molecular weight is 259 g/mol. The van der Waals surface area contributed by atoms with Gasteiger partial charge in [0.1, 0.15) is 0 Å². The van der Waals surface area contributed by atoms with Gasteiger partial charge < -0.3 is 11.1 Å². The Morgan fingerprint density at radius 2 is 2.21 bits per heavy atom. The molecule has 0 radical (unpaired) electrons. The lowest BCUT2D eigenvalue weighted by molar-refractivity contribution is 0.0999. The van der Waals surface area contributed by atoms with Crippen molar-refractivity contribution in [1.82, 2.24) is 20.3 Å². The third-order valence-electron chi connectivity index (χ3n) is 2.81. The van der Waals surface area contributed by atoms with E-state index in [9.17, 15) is 4.79 Å². The molecule has 0 unspecified atom stereocenters. The van der Waals surface area contributed by atoms with Gasteiger partial charge in [-0.2, -0.15) is 0 Å². The molecule has 0 aliphatic carbocycles.